The Labute approximate surface area is 126 Å². The SMILES string of the molecule is CCOC(=O)C(O)C(O)c1cc(OC)c(OC)cc1C(=O)O. The number of aliphatic hydroxyl groups excluding tert-OH is 2. The number of esters is 1. The van der Waals surface area contributed by atoms with Crippen LogP contribution < -0.4 is 9.47 Å². The molecule has 1 aromatic carbocycles. The van der Waals surface area contributed by atoms with E-state index in [4.69, 9.17) is 9.47 Å². The predicted octanol–water partition coefficient (Wildman–Crippen LogP) is 0.359. The number of rotatable bonds is 7. The summed E-state index contributed by atoms with van der Waals surface area (Å²) in [6.07, 6.45) is -3.71. The van der Waals surface area contributed by atoms with Crippen molar-refractivity contribution in [3.05, 3.63) is 23.3 Å². The van der Waals surface area contributed by atoms with Gasteiger partial charge in [0.1, 0.15) is 6.10 Å². The van der Waals surface area contributed by atoms with E-state index in [-0.39, 0.29) is 29.2 Å². The second kappa shape index (κ2) is 7.62. The number of methoxy groups -OCH3 is 2. The summed E-state index contributed by atoms with van der Waals surface area (Å²) in [5.41, 5.74) is -0.515. The average molecular weight is 314 g/mol. The summed E-state index contributed by atoms with van der Waals surface area (Å²) < 4.78 is 14.6. The van der Waals surface area contributed by atoms with Crippen LogP contribution in [0.4, 0.5) is 0 Å². The summed E-state index contributed by atoms with van der Waals surface area (Å²) in [4.78, 5) is 22.8. The zero-order valence-corrected chi connectivity index (χ0v) is 12.4. The Morgan fingerprint density at radius 3 is 2.14 bits per heavy atom. The highest BCUT2D eigenvalue weighted by Gasteiger charge is 2.31. The number of ether oxygens (including phenoxy) is 3. The molecule has 122 valence electrons. The molecule has 8 heteroatoms. The van der Waals surface area contributed by atoms with Gasteiger partial charge in [-0.1, -0.05) is 0 Å². The van der Waals surface area contributed by atoms with E-state index in [1.165, 1.54) is 27.2 Å². The molecule has 0 spiro atoms. The molecule has 1 rings (SSSR count). The molecule has 0 aromatic heterocycles. The van der Waals surface area contributed by atoms with Crippen molar-refractivity contribution in [3.8, 4) is 11.5 Å². The lowest BCUT2D eigenvalue weighted by molar-refractivity contribution is -0.159. The van der Waals surface area contributed by atoms with E-state index in [2.05, 4.69) is 4.74 Å². The highest BCUT2D eigenvalue weighted by atomic mass is 16.5. The van der Waals surface area contributed by atoms with Crippen LogP contribution in [0.1, 0.15) is 28.9 Å². The van der Waals surface area contributed by atoms with Gasteiger partial charge in [0.2, 0.25) is 0 Å². The Morgan fingerprint density at radius 2 is 1.68 bits per heavy atom. The van der Waals surface area contributed by atoms with Gasteiger partial charge in [-0.3, -0.25) is 0 Å². The van der Waals surface area contributed by atoms with Crippen LogP contribution in [0.3, 0.4) is 0 Å². The molecule has 0 fully saturated rings. The summed E-state index contributed by atoms with van der Waals surface area (Å²) in [6, 6.07) is 2.33. The zero-order valence-electron chi connectivity index (χ0n) is 12.4. The lowest BCUT2D eigenvalue weighted by Gasteiger charge is -2.20. The molecule has 0 radical (unpaired) electrons. The molecule has 2 unspecified atom stereocenters. The maximum atomic E-state index is 11.5. The van der Waals surface area contributed by atoms with Crippen molar-refractivity contribution in [1.29, 1.82) is 0 Å². The topological polar surface area (TPSA) is 123 Å². The van der Waals surface area contributed by atoms with Crippen LogP contribution in [-0.2, 0) is 9.53 Å². The molecule has 0 saturated carbocycles. The molecule has 8 nitrogen and oxygen atoms in total. The number of hydrogen-bond donors (Lipinski definition) is 3. The third kappa shape index (κ3) is 3.66. The fraction of sp³-hybridized carbons (Fsp3) is 0.429. The van der Waals surface area contributed by atoms with Gasteiger partial charge in [-0.2, -0.15) is 0 Å². The first kappa shape index (κ1) is 17.7. The van der Waals surface area contributed by atoms with Crippen LogP contribution in [0, 0.1) is 0 Å². The summed E-state index contributed by atoms with van der Waals surface area (Å²) in [7, 11) is 2.66. The Morgan fingerprint density at radius 1 is 1.14 bits per heavy atom. The first-order valence-corrected chi connectivity index (χ1v) is 6.39. The largest absolute Gasteiger partial charge is 0.493 e. The maximum absolute atomic E-state index is 11.5. The molecular weight excluding hydrogens is 296 g/mol. The highest BCUT2D eigenvalue weighted by molar-refractivity contribution is 5.91. The van der Waals surface area contributed by atoms with Crippen molar-refractivity contribution in [2.75, 3.05) is 20.8 Å². The third-order valence-corrected chi connectivity index (χ3v) is 2.93. The van der Waals surface area contributed by atoms with Crippen LogP contribution in [0.15, 0.2) is 12.1 Å². The number of carbonyl (C=O) groups is 2. The second-order valence-corrected chi connectivity index (χ2v) is 4.24. The number of carbonyl (C=O) groups excluding carboxylic acids is 1. The minimum Gasteiger partial charge on any atom is -0.493 e. The van der Waals surface area contributed by atoms with Gasteiger partial charge in [-0.25, -0.2) is 9.59 Å². The van der Waals surface area contributed by atoms with E-state index in [9.17, 15) is 24.9 Å². The number of aromatic carboxylic acids is 1. The Bertz CT molecular complexity index is 554. The summed E-state index contributed by atoms with van der Waals surface area (Å²) in [5.74, 6) is -2.12. The molecule has 22 heavy (non-hydrogen) atoms. The normalized spacial score (nSPS) is 13.1. The highest BCUT2D eigenvalue weighted by Crippen LogP contribution is 2.34. The molecule has 0 aliphatic carbocycles. The van der Waals surface area contributed by atoms with Crippen molar-refractivity contribution >= 4 is 11.9 Å². The molecule has 0 amide bonds. The first-order valence-electron chi connectivity index (χ1n) is 6.39. The van der Waals surface area contributed by atoms with Crippen molar-refractivity contribution < 1.29 is 39.1 Å². The van der Waals surface area contributed by atoms with Gasteiger partial charge in [-0.05, 0) is 19.1 Å². The van der Waals surface area contributed by atoms with E-state index in [1.54, 1.807) is 0 Å². The molecule has 2 atom stereocenters. The first-order chi connectivity index (χ1) is 10.4. The number of hydrogen-bond acceptors (Lipinski definition) is 7. The smallest absolute Gasteiger partial charge is 0.338 e. The lowest BCUT2D eigenvalue weighted by atomic mass is 9.97. The predicted molar refractivity (Wildman–Crippen MR) is 74.1 cm³/mol. The van der Waals surface area contributed by atoms with Crippen LogP contribution in [0.2, 0.25) is 0 Å². The van der Waals surface area contributed by atoms with Crippen molar-refractivity contribution in [3.63, 3.8) is 0 Å². The van der Waals surface area contributed by atoms with E-state index >= 15 is 0 Å². The minimum absolute atomic E-state index is 0.0142. The minimum atomic E-state index is -1.92. The molecule has 1 aromatic rings. The average Bonchev–Trinajstić information content (AvgIpc) is 2.51. The third-order valence-electron chi connectivity index (χ3n) is 2.93. The summed E-state index contributed by atoms with van der Waals surface area (Å²) in [5, 5.41) is 29.1. The quantitative estimate of drug-likeness (QED) is 0.617. The van der Waals surface area contributed by atoms with Crippen molar-refractivity contribution in [2.24, 2.45) is 0 Å². The second-order valence-electron chi connectivity index (χ2n) is 4.24. The fourth-order valence-electron chi connectivity index (χ4n) is 1.85. The van der Waals surface area contributed by atoms with Gasteiger partial charge >= 0.3 is 11.9 Å². The Hall–Kier alpha value is -2.32. The van der Waals surface area contributed by atoms with Gasteiger partial charge < -0.3 is 29.5 Å². The van der Waals surface area contributed by atoms with E-state index < -0.39 is 24.1 Å². The molecule has 0 aliphatic heterocycles. The fourth-order valence-corrected chi connectivity index (χ4v) is 1.85. The van der Waals surface area contributed by atoms with Gasteiger partial charge in [0.05, 0.1) is 26.4 Å². The van der Waals surface area contributed by atoms with Crippen LogP contribution in [0.5, 0.6) is 11.5 Å². The number of carboxylic acids is 1. The molecule has 0 bridgehead atoms. The maximum Gasteiger partial charge on any atom is 0.338 e. The molecule has 0 saturated heterocycles. The Kier molecular flexibility index (Phi) is 6.14. The van der Waals surface area contributed by atoms with Gasteiger partial charge in [0, 0.05) is 5.56 Å². The van der Waals surface area contributed by atoms with E-state index in [0.717, 1.165) is 6.07 Å². The van der Waals surface area contributed by atoms with E-state index in [1.807, 2.05) is 0 Å². The number of benzene rings is 1. The van der Waals surface area contributed by atoms with Crippen molar-refractivity contribution in [2.45, 2.75) is 19.1 Å². The van der Waals surface area contributed by atoms with Crippen LogP contribution in [-0.4, -0.2) is 54.2 Å². The van der Waals surface area contributed by atoms with Gasteiger partial charge in [0.25, 0.3) is 0 Å². The Balaban J connectivity index is 3.31. The van der Waals surface area contributed by atoms with Crippen LogP contribution >= 0.6 is 0 Å². The monoisotopic (exact) mass is 314 g/mol. The van der Waals surface area contributed by atoms with Gasteiger partial charge in [-0.15, -0.1) is 0 Å². The standard InChI is InChI=1S/C14H18O8/c1-4-22-14(19)12(16)11(15)7-5-9(20-2)10(21-3)6-8(7)13(17)18/h5-6,11-12,15-16H,4H2,1-3H3,(H,17,18). The number of aliphatic hydroxyl groups is 2. The molecule has 0 heterocycles. The van der Waals surface area contributed by atoms with Gasteiger partial charge in [0.15, 0.2) is 17.6 Å². The molecular formula is C14H18O8. The van der Waals surface area contributed by atoms with Crippen molar-refractivity contribution in [1.82, 2.24) is 0 Å². The molecule has 3 N–H and O–H groups in total. The summed E-state index contributed by atoms with van der Waals surface area (Å²) in [6.45, 7) is 1.55. The van der Waals surface area contributed by atoms with E-state index in [0.29, 0.717) is 0 Å². The molecule has 0 aliphatic rings. The van der Waals surface area contributed by atoms with Crippen LogP contribution in [0.25, 0.3) is 0 Å². The summed E-state index contributed by atoms with van der Waals surface area (Å²) >= 11 is 0. The zero-order chi connectivity index (χ0) is 16.9. The lowest BCUT2D eigenvalue weighted by Crippen LogP contribution is -2.30. The number of carboxylic acid groups (broad SMARTS) is 1.